The highest BCUT2D eigenvalue weighted by Gasteiger charge is 2.14. The predicted octanol–water partition coefficient (Wildman–Crippen LogP) is 0.390. The van der Waals surface area contributed by atoms with Crippen LogP contribution >= 0.6 is 0 Å². The number of nitrogens with zero attached hydrogens (tertiary/aromatic N) is 2. The van der Waals surface area contributed by atoms with Gasteiger partial charge in [0.2, 0.25) is 0 Å². The van der Waals surface area contributed by atoms with Crippen LogP contribution in [-0.2, 0) is 6.42 Å². The van der Waals surface area contributed by atoms with Crippen molar-refractivity contribution in [2.24, 2.45) is 0 Å². The summed E-state index contributed by atoms with van der Waals surface area (Å²) in [7, 11) is 0. The molecule has 0 amide bonds. The van der Waals surface area contributed by atoms with Gasteiger partial charge in [0.25, 0.3) is 5.56 Å². The molecule has 1 heterocycles. The highest BCUT2D eigenvalue weighted by atomic mass is 16.3. The van der Waals surface area contributed by atoms with Crippen molar-refractivity contribution in [1.82, 2.24) is 9.55 Å². The summed E-state index contributed by atoms with van der Waals surface area (Å²) in [5.41, 5.74) is 0.538. The molecule has 0 saturated heterocycles. The lowest BCUT2D eigenvalue weighted by Crippen LogP contribution is -2.28. The maximum atomic E-state index is 11.9. The molecule has 1 N–H and O–H groups in total. The zero-order chi connectivity index (χ0) is 12.3. The molecule has 0 bridgehead atoms. The second-order valence-corrected chi connectivity index (χ2v) is 3.39. The molecule has 1 rings (SSSR count). The van der Waals surface area contributed by atoms with Crippen LogP contribution < -0.4 is 5.56 Å². The van der Waals surface area contributed by atoms with Crippen LogP contribution in [0, 0.1) is 6.92 Å². The van der Waals surface area contributed by atoms with Crippen molar-refractivity contribution >= 4 is 12.0 Å². The Kier molecular flexibility index (Phi) is 3.73. The van der Waals surface area contributed by atoms with Crippen molar-refractivity contribution in [2.45, 2.75) is 20.3 Å². The molecular formula is C11H14N2O3. The van der Waals surface area contributed by atoms with Crippen LogP contribution in [0.1, 0.15) is 28.8 Å². The summed E-state index contributed by atoms with van der Waals surface area (Å²) in [6.07, 6.45) is 1.48. The Morgan fingerprint density at radius 3 is 2.69 bits per heavy atom. The summed E-state index contributed by atoms with van der Waals surface area (Å²) in [6.45, 7) is 6.33. The van der Waals surface area contributed by atoms with Crippen LogP contribution in [0.3, 0.4) is 0 Å². The Balaban J connectivity index is 3.56. The van der Waals surface area contributed by atoms with Gasteiger partial charge in [0.15, 0.2) is 11.6 Å². The average molecular weight is 222 g/mol. The minimum absolute atomic E-state index is 0.0687. The van der Waals surface area contributed by atoms with Crippen LogP contribution in [0.4, 0.5) is 0 Å². The minimum atomic E-state index is -0.346. The van der Waals surface area contributed by atoms with Crippen molar-refractivity contribution in [3.63, 3.8) is 0 Å². The first kappa shape index (κ1) is 12.3. The first-order chi connectivity index (χ1) is 7.52. The van der Waals surface area contributed by atoms with Crippen LogP contribution in [-0.4, -0.2) is 27.0 Å². The number of hydrogen-bond acceptors (Lipinski definition) is 4. The number of carbonyl (C=O) groups is 1. The van der Waals surface area contributed by atoms with E-state index in [1.54, 1.807) is 6.92 Å². The number of rotatable bonds is 4. The monoisotopic (exact) mass is 222 g/mol. The summed E-state index contributed by atoms with van der Waals surface area (Å²) >= 11 is 0. The number of aryl methyl sites for hydroxylation is 1. The van der Waals surface area contributed by atoms with Crippen LogP contribution in [0.15, 0.2) is 11.4 Å². The molecule has 0 aliphatic heterocycles. The maximum Gasteiger partial charge on any atom is 0.261 e. The molecule has 0 spiro atoms. The van der Waals surface area contributed by atoms with Gasteiger partial charge in [-0.1, -0.05) is 6.58 Å². The quantitative estimate of drug-likeness (QED) is 0.748. The topological polar surface area (TPSA) is 72.2 Å². The zero-order valence-corrected chi connectivity index (χ0v) is 9.36. The van der Waals surface area contributed by atoms with E-state index in [9.17, 15) is 9.59 Å². The molecule has 0 atom stereocenters. The van der Waals surface area contributed by atoms with E-state index in [0.29, 0.717) is 11.3 Å². The second-order valence-electron chi connectivity index (χ2n) is 3.39. The fourth-order valence-electron chi connectivity index (χ4n) is 1.49. The number of carbonyl (C=O) groups excluding carboxylic acids is 1. The van der Waals surface area contributed by atoms with Gasteiger partial charge >= 0.3 is 0 Å². The summed E-state index contributed by atoms with van der Waals surface area (Å²) in [6, 6.07) is 0. The summed E-state index contributed by atoms with van der Waals surface area (Å²) in [5.74, 6) is -0.227. The van der Waals surface area contributed by atoms with Crippen molar-refractivity contribution in [3.05, 3.63) is 34.0 Å². The van der Waals surface area contributed by atoms with Gasteiger partial charge in [-0.05, 0) is 6.92 Å². The van der Waals surface area contributed by atoms with E-state index >= 15 is 0 Å². The van der Waals surface area contributed by atoms with E-state index in [0.717, 1.165) is 4.57 Å². The Morgan fingerprint density at radius 2 is 2.25 bits per heavy atom. The average Bonchev–Trinajstić information content (AvgIpc) is 2.23. The molecule has 0 aliphatic carbocycles. The Hall–Kier alpha value is -1.75. The van der Waals surface area contributed by atoms with E-state index in [2.05, 4.69) is 11.6 Å². The largest absolute Gasteiger partial charge is 0.396 e. The van der Waals surface area contributed by atoms with Gasteiger partial charge in [0.05, 0.1) is 0 Å². The van der Waals surface area contributed by atoms with Crippen LogP contribution in [0.25, 0.3) is 6.20 Å². The third kappa shape index (κ3) is 2.09. The van der Waals surface area contributed by atoms with Gasteiger partial charge in [-0.3, -0.25) is 14.2 Å². The fraction of sp³-hybridized carbons (Fsp3) is 0.364. The van der Waals surface area contributed by atoms with Gasteiger partial charge in [0, 0.05) is 37.4 Å². The van der Waals surface area contributed by atoms with Crippen molar-refractivity contribution < 1.29 is 9.90 Å². The molecule has 1 aromatic rings. The molecule has 86 valence electrons. The smallest absolute Gasteiger partial charge is 0.261 e. The van der Waals surface area contributed by atoms with E-state index in [-0.39, 0.29) is 30.2 Å². The molecular weight excluding hydrogens is 208 g/mol. The number of aliphatic hydroxyl groups is 1. The van der Waals surface area contributed by atoms with Crippen molar-refractivity contribution in [3.8, 4) is 0 Å². The van der Waals surface area contributed by atoms with E-state index in [1.807, 2.05) is 0 Å². The summed E-state index contributed by atoms with van der Waals surface area (Å²) in [5, 5.41) is 8.84. The molecule has 1 aromatic heterocycles. The Bertz CT molecular complexity index is 489. The number of aromatic nitrogens is 2. The molecule has 0 radical (unpaired) electrons. The van der Waals surface area contributed by atoms with Crippen LogP contribution in [0.5, 0.6) is 0 Å². The highest BCUT2D eigenvalue weighted by Crippen LogP contribution is 2.04. The fourth-order valence-corrected chi connectivity index (χ4v) is 1.49. The van der Waals surface area contributed by atoms with Gasteiger partial charge in [0.1, 0.15) is 0 Å². The van der Waals surface area contributed by atoms with E-state index in [1.165, 1.54) is 13.1 Å². The van der Waals surface area contributed by atoms with Crippen LogP contribution in [0.2, 0.25) is 0 Å². The van der Waals surface area contributed by atoms with Crippen molar-refractivity contribution in [1.29, 1.82) is 0 Å². The number of hydrogen-bond donors (Lipinski definition) is 1. The summed E-state index contributed by atoms with van der Waals surface area (Å²) < 4.78 is 1.11. The number of Topliss-reactive ketones (excluding diaryl/α,β-unsaturated/α-hetero) is 1. The lowest BCUT2D eigenvalue weighted by atomic mass is 10.1. The molecule has 0 fully saturated rings. The molecule has 0 unspecified atom stereocenters. The lowest BCUT2D eigenvalue weighted by Gasteiger charge is -2.09. The van der Waals surface area contributed by atoms with E-state index in [4.69, 9.17) is 5.11 Å². The Labute approximate surface area is 93.1 Å². The second kappa shape index (κ2) is 4.85. The normalized spacial score (nSPS) is 10.2. The molecule has 0 aromatic carbocycles. The first-order valence-electron chi connectivity index (χ1n) is 4.89. The molecule has 5 nitrogen and oxygen atoms in total. The third-order valence-corrected chi connectivity index (χ3v) is 2.27. The lowest BCUT2D eigenvalue weighted by molar-refractivity contribution is 0.100. The molecule has 5 heteroatoms. The number of aliphatic hydroxyl groups excluding tert-OH is 1. The van der Waals surface area contributed by atoms with Gasteiger partial charge in [-0.25, -0.2) is 4.98 Å². The number of ketones is 1. The predicted molar refractivity (Wildman–Crippen MR) is 60.4 cm³/mol. The van der Waals surface area contributed by atoms with Gasteiger partial charge in [-0.15, -0.1) is 0 Å². The zero-order valence-electron chi connectivity index (χ0n) is 9.36. The molecule has 16 heavy (non-hydrogen) atoms. The minimum Gasteiger partial charge on any atom is -0.396 e. The van der Waals surface area contributed by atoms with E-state index < -0.39 is 0 Å². The molecule has 0 aliphatic rings. The summed E-state index contributed by atoms with van der Waals surface area (Å²) in [4.78, 5) is 27.3. The molecule has 0 saturated carbocycles. The third-order valence-electron chi connectivity index (χ3n) is 2.27. The SMILES string of the molecule is C=Cn1c(C(C)=O)nc(C)c(CCO)c1=O. The maximum absolute atomic E-state index is 11.9. The Morgan fingerprint density at radius 1 is 1.62 bits per heavy atom. The van der Waals surface area contributed by atoms with Gasteiger partial charge in [-0.2, -0.15) is 0 Å². The van der Waals surface area contributed by atoms with Crippen molar-refractivity contribution in [2.75, 3.05) is 6.61 Å². The first-order valence-corrected chi connectivity index (χ1v) is 4.89. The highest BCUT2D eigenvalue weighted by molar-refractivity contribution is 5.91. The van der Waals surface area contributed by atoms with Gasteiger partial charge < -0.3 is 5.11 Å². The standard InChI is InChI=1S/C11H14N2O3/c1-4-13-10(8(3)15)12-7(2)9(5-6-14)11(13)16/h4,14H,1,5-6H2,2-3H3.